The van der Waals surface area contributed by atoms with Crippen molar-refractivity contribution in [2.45, 2.75) is 18.9 Å². The number of benzene rings is 1. The lowest BCUT2D eigenvalue weighted by Crippen LogP contribution is -2.31. The normalized spacial score (nSPS) is 18.8. The first-order chi connectivity index (χ1) is 9.27. The minimum atomic E-state index is -0.0236. The molecule has 0 unspecified atom stereocenters. The summed E-state index contributed by atoms with van der Waals surface area (Å²) in [7, 11) is 0. The SMILES string of the molecule is O=C(c1ccccc1Cl)N1CCC[C@@H]1c1ncc[nH]1. The van der Waals surface area contributed by atoms with Crippen LogP contribution in [0.25, 0.3) is 0 Å². The summed E-state index contributed by atoms with van der Waals surface area (Å²) in [6.45, 7) is 0.745. The fourth-order valence-corrected chi connectivity index (χ4v) is 2.76. The monoisotopic (exact) mass is 275 g/mol. The number of halogens is 1. The molecule has 19 heavy (non-hydrogen) atoms. The second-order valence-electron chi connectivity index (χ2n) is 4.61. The third-order valence-corrected chi connectivity index (χ3v) is 3.78. The molecule has 0 aliphatic carbocycles. The van der Waals surface area contributed by atoms with Crippen molar-refractivity contribution in [3.05, 3.63) is 53.1 Å². The maximum absolute atomic E-state index is 12.6. The number of likely N-dealkylation sites (tertiary alicyclic amines) is 1. The number of H-pyrrole nitrogens is 1. The fourth-order valence-electron chi connectivity index (χ4n) is 2.54. The van der Waals surface area contributed by atoms with Crippen molar-refractivity contribution in [3.8, 4) is 0 Å². The molecule has 1 fully saturated rings. The van der Waals surface area contributed by atoms with Crippen molar-refractivity contribution in [2.24, 2.45) is 0 Å². The van der Waals surface area contributed by atoms with Gasteiger partial charge in [0.25, 0.3) is 5.91 Å². The zero-order valence-corrected chi connectivity index (χ0v) is 11.1. The third kappa shape index (κ3) is 2.24. The van der Waals surface area contributed by atoms with Crippen molar-refractivity contribution in [2.75, 3.05) is 6.54 Å². The number of amides is 1. The molecule has 0 bridgehead atoms. The molecule has 2 aromatic rings. The zero-order valence-electron chi connectivity index (χ0n) is 10.3. The number of hydrogen-bond acceptors (Lipinski definition) is 2. The quantitative estimate of drug-likeness (QED) is 0.916. The zero-order chi connectivity index (χ0) is 13.2. The van der Waals surface area contributed by atoms with Crippen LogP contribution in [0, 0.1) is 0 Å². The van der Waals surface area contributed by atoms with Crippen LogP contribution in [0.4, 0.5) is 0 Å². The standard InChI is InChI=1S/C14H14ClN3O/c15-11-5-2-1-4-10(11)14(19)18-9-3-6-12(18)13-16-7-8-17-13/h1-2,4-5,7-8,12H,3,6,9H2,(H,16,17)/t12-/m1/s1. The van der Waals surface area contributed by atoms with Gasteiger partial charge in [0.05, 0.1) is 16.6 Å². The Balaban J connectivity index is 1.89. The van der Waals surface area contributed by atoms with Crippen molar-refractivity contribution in [1.82, 2.24) is 14.9 Å². The molecule has 0 spiro atoms. The van der Waals surface area contributed by atoms with Crippen LogP contribution in [0.3, 0.4) is 0 Å². The number of rotatable bonds is 2. The second kappa shape index (κ2) is 5.05. The molecule has 0 saturated carbocycles. The highest BCUT2D eigenvalue weighted by Crippen LogP contribution is 2.32. The Morgan fingerprint density at radius 3 is 3.00 bits per heavy atom. The molecular weight excluding hydrogens is 262 g/mol. The molecule has 1 saturated heterocycles. The number of carbonyl (C=O) groups is 1. The Morgan fingerprint density at radius 2 is 2.26 bits per heavy atom. The molecule has 1 aromatic heterocycles. The van der Waals surface area contributed by atoms with Gasteiger partial charge in [-0.3, -0.25) is 4.79 Å². The van der Waals surface area contributed by atoms with E-state index in [0.717, 1.165) is 25.2 Å². The van der Waals surface area contributed by atoms with E-state index in [1.165, 1.54) is 0 Å². The maximum Gasteiger partial charge on any atom is 0.255 e. The summed E-state index contributed by atoms with van der Waals surface area (Å²) in [5.41, 5.74) is 0.558. The van der Waals surface area contributed by atoms with Crippen molar-refractivity contribution < 1.29 is 4.79 Å². The summed E-state index contributed by atoms with van der Waals surface area (Å²) in [6.07, 6.45) is 5.42. The molecule has 0 radical (unpaired) electrons. The molecule has 4 nitrogen and oxygen atoms in total. The van der Waals surface area contributed by atoms with E-state index in [4.69, 9.17) is 11.6 Å². The summed E-state index contributed by atoms with van der Waals surface area (Å²) in [5.74, 6) is 0.822. The number of aromatic nitrogens is 2. The fraction of sp³-hybridized carbons (Fsp3) is 0.286. The molecular formula is C14H14ClN3O. The van der Waals surface area contributed by atoms with Gasteiger partial charge < -0.3 is 9.88 Å². The first kappa shape index (κ1) is 12.2. The van der Waals surface area contributed by atoms with E-state index in [1.807, 2.05) is 17.0 Å². The molecule has 1 atom stereocenters. The third-order valence-electron chi connectivity index (χ3n) is 3.45. The van der Waals surface area contributed by atoms with Gasteiger partial charge in [-0.2, -0.15) is 0 Å². The van der Waals surface area contributed by atoms with Gasteiger partial charge in [-0.1, -0.05) is 23.7 Å². The molecule has 1 N–H and O–H groups in total. The highest BCUT2D eigenvalue weighted by Gasteiger charge is 2.32. The van der Waals surface area contributed by atoms with Gasteiger partial charge in [0.15, 0.2) is 0 Å². The number of nitrogens with zero attached hydrogens (tertiary/aromatic N) is 2. The van der Waals surface area contributed by atoms with Gasteiger partial charge in [0, 0.05) is 18.9 Å². The van der Waals surface area contributed by atoms with Crippen LogP contribution in [0.15, 0.2) is 36.7 Å². The second-order valence-corrected chi connectivity index (χ2v) is 5.02. The summed E-state index contributed by atoms with van der Waals surface area (Å²) >= 11 is 6.10. The van der Waals surface area contributed by atoms with Crippen LogP contribution < -0.4 is 0 Å². The highest BCUT2D eigenvalue weighted by molar-refractivity contribution is 6.33. The predicted molar refractivity (Wildman–Crippen MR) is 73.1 cm³/mol. The first-order valence-electron chi connectivity index (χ1n) is 6.32. The van der Waals surface area contributed by atoms with E-state index in [9.17, 15) is 4.79 Å². The molecule has 2 heterocycles. The minimum Gasteiger partial charge on any atom is -0.347 e. The lowest BCUT2D eigenvalue weighted by Gasteiger charge is -2.23. The average molecular weight is 276 g/mol. The number of imidazole rings is 1. The van der Waals surface area contributed by atoms with Gasteiger partial charge >= 0.3 is 0 Å². The number of nitrogens with one attached hydrogen (secondary N) is 1. The molecule has 98 valence electrons. The Labute approximate surface area is 116 Å². The van der Waals surface area contributed by atoms with E-state index in [0.29, 0.717) is 10.6 Å². The summed E-state index contributed by atoms with van der Waals surface area (Å²) < 4.78 is 0. The van der Waals surface area contributed by atoms with E-state index in [1.54, 1.807) is 24.5 Å². The van der Waals surface area contributed by atoms with Crippen molar-refractivity contribution in [1.29, 1.82) is 0 Å². The number of carbonyl (C=O) groups excluding carboxylic acids is 1. The Hall–Kier alpha value is -1.81. The van der Waals surface area contributed by atoms with Crippen LogP contribution >= 0.6 is 11.6 Å². The molecule has 5 heteroatoms. The van der Waals surface area contributed by atoms with E-state index >= 15 is 0 Å². The lowest BCUT2D eigenvalue weighted by atomic mass is 10.1. The Morgan fingerprint density at radius 1 is 1.42 bits per heavy atom. The highest BCUT2D eigenvalue weighted by atomic mass is 35.5. The summed E-state index contributed by atoms with van der Waals surface area (Å²) in [5, 5.41) is 0.498. The molecule has 1 aliphatic heterocycles. The van der Waals surface area contributed by atoms with Gasteiger partial charge in [-0.15, -0.1) is 0 Å². The maximum atomic E-state index is 12.6. The van der Waals surface area contributed by atoms with Crippen LogP contribution in [-0.4, -0.2) is 27.3 Å². The smallest absolute Gasteiger partial charge is 0.255 e. The van der Waals surface area contributed by atoms with Crippen LogP contribution in [-0.2, 0) is 0 Å². The molecule has 1 aliphatic rings. The Kier molecular flexibility index (Phi) is 3.25. The number of aromatic amines is 1. The van der Waals surface area contributed by atoms with Crippen LogP contribution in [0.5, 0.6) is 0 Å². The average Bonchev–Trinajstić information content (AvgIpc) is 3.09. The molecule has 1 aromatic carbocycles. The van der Waals surface area contributed by atoms with Gasteiger partial charge in [-0.25, -0.2) is 4.98 Å². The summed E-state index contributed by atoms with van der Waals surface area (Å²) in [4.78, 5) is 21.8. The summed E-state index contributed by atoms with van der Waals surface area (Å²) in [6, 6.07) is 7.19. The number of hydrogen-bond donors (Lipinski definition) is 1. The topological polar surface area (TPSA) is 49.0 Å². The molecule has 1 amide bonds. The van der Waals surface area contributed by atoms with Crippen molar-refractivity contribution in [3.63, 3.8) is 0 Å². The van der Waals surface area contributed by atoms with E-state index < -0.39 is 0 Å². The lowest BCUT2D eigenvalue weighted by molar-refractivity contribution is 0.0730. The van der Waals surface area contributed by atoms with Crippen molar-refractivity contribution >= 4 is 17.5 Å². The first-order valence-corrected chi connectivity index (χ1v) is 6.70. The van der Waals surface area contributed by atoms with E-state index in [-0.39, 0.29) is 11.9 Å². The van der Waals surface area contributed by atoms with Gasteiger partial charge in [-0.05, 0) is 25.0 Å². The van der Waals surface area contributed by atoms with Crippen LogP contribution in [0.1, 0.15) is 35.1 Å². The van der Waals surface area contributed by atoms with Crippen LogP contribution in [0.2, 0.25) is 5.02 Å². The van der Waals surface area contributed by atoms with E-state index in [2.05, 4.69) is 9.97 Å². The predicted octanol–water partition coefficient (Wildman–Crippen LogP) is 3.04. The van der Waals surface area contributed by atoms with Gasteiger partial charge in [0.1, 0.15) is 5.82 Å². The minimum absolute atomic E-state index is 0.0236. The molecule has 3 rings (SSSR count). The largest absolute Gasteiger partial charge is 0.347 e. The van der Waals surface area contributed by atoms with Gasteiger partial charge in [0.2, 0.25) is 0 Å². The Bertz CT molecular complexity index is 582.